The Labute approximate surface area is 59.3 Å². The molecule has 34 valence electrons. The van der Waals surface area contributed by atoms with Crippen LogP contribution in [0.15, 0.2) is 0 Å². The van der Waals surface area contributed by atoms with Gasteiger partial charge < -0.3 is 19.8 Å². The second-order valence-electron chi connectivity index (χ2n) is 0.575. The van der Waals surface area contributed by atoms with E-state index in [1.165, 1.54) is 0 Å². The maximum absolute atomic E-state index is 8.93. The first-order chi connectivity index (χ1) is 2.64. The fourth-order valence-corrected chi connectivity index (χ4v) is 0. The van der Waals surface area contributed by atoms with Crippen LogP contribution in [0.4, 0.5) is 0 Å². The van der Waals surface area contributed by atoms with Crippen LogP contribution < -0.4 is 10.2 Å². The van der Waals surface area contributed by atoms with E-state index in [1.54, 1.807) is 0 Å². The molecule has 0 aliphatic rings. The summed E-state index contributed by atoms with van der Waals surface area (Å²) in [5, 5.41) is 17.9. The van der Waals surface area contributed by atoms with Crippen molar-refractivity contribution in [3.8, 4) is 0 Å². The summed E-state index contributed by atoms with van der Waals surface area (Å²) in [6, 6.07) is 0. The van der Waals surface area contributed by atoms with E-state index < -0.39 is 11.9 Å². The Bertz CT molecular complexity index is 75.7. The Morgan fingerprint density at radius 2 is 1.14 bits per heavy atom. The molecule has 5 heteroatoms. The normalized spacial score (nSPS) is 6.29. The maximum atomic E-state index is 8.93. The topological polar surface area (TPSA) is 80.3 Å². The van der Waals surface area contributed by atoms with Gasteiger partial charge >= 0.3 is 27.3 Å². The fourth-order valence-electron chi connectivity index (χ4n) is 0. The van der Waals surface area contributed by atoms with Crippen molar-refractivity contribution in [3.63, 3.8) is 0 Å². The standard InChI is InChI=1S/C2H2O4.Cd/c3-1(4)2(5)6;/h(H,3,4)(H,5,6);/q;+2/p-2. The Morgan fingerprint density at radius 1 is 1.00 bits per heavy atom. The van der Waals surface area contributed by atoms with E-state index in [1.807, 2.05) is 0 Å². The molecule has 0 atom stereocenters. The summed E-state index contributed by atoms with van der Waals surface area (Å²) in [6.07, 6.45) is 0. The molecule has 0 amide bonds. The number of carbonyl (C=O) groups is 2. The molecule has 0 aromatic heterocycles. The predicted octanol–water partition coefficient (Wildman–Crippen LogP) is -3.52. The van der Waals surface area contributed by atoms with Crippen molar-refractivity contribution in [1.82, 2.24) is 0 Å². The smallest absolute Gasteiger partial charge is 0.543 e. The van der Waals surface area contributed by atoms with Gasteiger partial charge in [0.1, 0.15) is 0 Å². The van der Waals surface area contributed by atoms with Gasteiger partial charge in [0.15, 0.2) is 0 Å². The van der Waals surface area contributed by atoms with E-state index in [-0.39, 0.29) is 27.3 Å². The Hall–Kier alpha value is -0.138. The molecule has 0 saturated carbocycles. The van der Waals surface area contributed by atoms with Gasteiger partial charge in [-0.15, -0.1) is 0 Å². The van der Waals surface area contributed by atoms with Crippen LogP contribution in [0.2, 0.25) is 0 Å². The minimum atomic E-state index is -2.19. The molecule has 0 spiro atoms. The molecule has 0 radical (unpaired) electrons. The van der Waals surface area contributed by atoms with Crippen LogP contribution in [0.3, 0.4) is 0 Å². The van der Waals surface area contributed by atoms with Crippen LogP contribution in [0.1, 0.15) is 0 Å². The Morgan fingerprint density at radius 3 is 1.14 bits per heavy atom. The zero-order chi connectivity index (χ0) is 5.15. The first-order valence-corrected chi connectivity index (χ1v) is 1.07. The van der Waals surface area contributed by atoms with Crippen LogP contribution in [0.5, 0.6) is 0 Å². The molecule has 0 aliphatic carbocycles. The van der Waals surface area contributed by atoms with E-state index in [4.69, 9.17) is 19.8 Å². The van der Waals surface area contributed by atoms with Gasteiger partial charge in [0.05, 0.1) is 11.9 Å². The van der Waals surface area contributed by atoms with Crippen molar-refractivity contribution >= 4 is 11.9 Å². The van der Waals surface area contributed by atoms with E-state index in [9.17, 15) is 0 Å². The van der Waals surface area contributed by atoms with Crippen molar-refractivity contribution in [2.45, 2.75) is 0 Å². The number of carboxylic acid groups (broad SMARTS) is 2. The van der Waals surface area contributed by atoms with E-state index in [0.717, 1.165) is 0 Å². The van der Waals surface area contributed by atoms with Gasteiger partial charge in [-0.2, -0.15) is 0 Å². The molecule has 0 aromatic rings. The number of aliphatic carboxylic acids is 2. The molecule has 0 N–H and O–H groups in total. The van der Waals surface area contributed by atoms with Crippen molar-refractivity contribution in [2.24, 2.45) is 0 Å². The molecule has 0 fully saturated rings. The number of carboxylic acids is 2. The largest absolute Gasteiger partial charge is 2.00 e. The molecule has 0 aliphatic heterocycles. The average molecular weight is 200 g/mol. The van der Waals surface area contributed by atoms with Gasteiger partial charge in [-0.1, -0.05) is 0 Å². The van der Waals surface area contributed by atoms with Crippen molar-refractivity contribution < 1.29 is 47.1 Å². The first-order valence-electron chi connectivity index (χ1n) is 1.07. The summed E-state index contributed by atoms with van der Waals surface area (Å²) >= 11 is 0. The first kappa shape index (κ1) is 9.98. The molecule has 0 bridgehead atoms. The third kappa shape index (κ3) is 5.86. The van der Waals surface area contributed by atoms with Gasteiger partial charge in [-0.05, 0) is 0 Å². The molecule has 0 heterocycles. The monoisotopic (exact) mass is 202 g/mol. The maximum Gasteiger partial charge on any atom is 2.00 e. The average Bonchev–Trinajstić information content (AvgIpc) is 1.36. The van der Waals surface area contributed by atoms with E-state index in [0.29, 0.717) is 0 Å². The SMILES string of the molecule is O=C([O-])C(=O)[O-].[Cd+2]. The minimum Gasteiger partial charge on any atom is -0.543 e. The van der Waals surface area contributed by atoms with Gasteiger partial charge in [-0.25, -0.2) is 0 Å². The summed E-state index contributed by atoms with van der Waals surface area (Å²) in [6.45, 7) is 0. The quantitative estimate of drug-likeness (QED) is 0.300. The van der Waals surface area contributed by atoms with Crippen molar-refractivity contribution in [2.75, 3.05) is 0 Å². The Kier molecular flexibility index (Phi) is 5.75. The molecule has 0 unspecified atom stereocenters. The van der Waals surface area contributed by atoms with Crippen LogP contribution in [0.25, 0.3) is 0 Å². The fraction of sp³-hybridized carbons (Fsp3) is 0. The van der Waals surface area contributed by atoms with Gasteiger partial charge in [0.25, 0.3) is 0 Å². The van der Waals surface area contributed by atoms with Crippen molar-refractivity contribution in [3.05, 3.63) is 0 Å². The molecule has 7 heavy (non-hydrogen) atoms. The molecule has 0 saturated heterocycles. The predicted molar refractivity (Wildman–Crippen MR) is 10.0 cm³/mol. The molecule has 0 rings (SSSR count). The number of carbonyl (C=O) groups excluding carboxylic acids is 2. The van der Waals surface area contributed by atoms with Crippen LogP contribution >= 0.6 is 0 Å². The second-order valence-corrected chi connectivity index (χ2v) is 0.575. The third-order valence-corrected chi connectivity index (χ3v) is 0.167. The van der Waals surface area contributed by atoms with E-state index in [2.05, 4.69) is 0 Å². The number of rotatable bonds is 0. The van der Waals surface area contributed by atoms with Gasteiger partial charge in [0, 0.05) is 0 Å². The zero-order valence-corrected chi connectivity index (χ0v) is 7.38. The Balaban J connectivity index is 0. The minimum absolute atomic E-state index is 0. The molecule has 0 aromatic carbocycles. The van der Waals surface area contributed by atoms with Crippen molar-refractivity contribution in [1.29, 1.82) is 0 Å². The third-order valence-electron chi connectivity index (χ3n) is 0.167. The second kappa shape index (κ2) is 4.03. The van der Waals surface area contributed by atoms with Crippen LogP contribution in [-0.4, -0.2) is 11.9 Å². The van der Waals surface area contributed by atoms with Gasteiger partial charge in [0.2, 0.25) is 0 Å². The zero-order valence-electron chi connectivity index (χ0n) is 3.34. The number of hydrogen-bond acceptors (Lipinski definition) is 4. The summed E-state index contributed by atoms with van der Waals surface area (Å²) in [5.41, 5.74) is 0. The summed E-state index contributed by atoms with van der Waals surface area (Å²) in [4.78, 5) is 17.9. The summed E-state index contributed by atoms with van der Waals surface area (Å²) in [7, 11) is 0. The molecule has 4 nitrogen and oxygen atoms in total. The number of hydrogen-bond donors (Lipinski definition) is 0. The van der Waals surface area contributed by atoms with Gasteiger partial charge in [-0.3, -0.25) is 0 Å². The van der Waals surface area contributed by atoms with Crippen LogP contribution in [-0.2, 0) is 36.9 Å². The summed E-state index contributed by atoms with van der Waals surface area (Å²) in [5.74, 6) is -4.37. The molecular weight excluding hydrogens is 200 g/mol. The molecular formula is C2CdO4. The van der Waals surface area contributed by atoms with Crippen LogP contribution in [0, 0.1) is 0 Å². The summed E-state index contributed by atoms with van der Waals surface area (Å²) < 4.78 is 0. The van der Waals surface area contributed by atoms with E-state index >= 15 is 0 Å².